The highest BCUT2D eigenvalue weighted by Crippen LogP contribution is 2.34. The van der Waals surface area contributed by atoms with Crippen molar-refractivity contribution in [1.82, 2.24) is 14.7 Å². The Hall–Kier alpha value is -2.66. The molecule has 2 heterocycles. The van der Waals surface area contributed by atoms with Crippen LogP contribution >= 0.6 is 11.3 Å². The monoisotopic (exact) mass is 428 g/mol. The Balaban J connectivity index is 2.04. The van der Waals surface area contributed by atoms with Crippen molar-refractivity contribution in [3.05, 3.63) is 53.5 Å². The number of sulfonamides is 1. The van der Waals surface area contributed by atoms with E-state index in [2.05, 4.69) is 9.50 Å². The molecule has 3 rings (SSSR count). The number of aromatic nitrogens is 2. The number of hydrogen-bond acceptors (Lipinski definition) is 4. The van der Waals surface area contributed by atoms with Crippen molar-refractivity contribution in [2.45, 2.75) is 11.1 Å². The van der Waals surface area contributed by atoms with E-state index in [4.69, 9.17) is 0 Å². The molecule has 0 aliphatic rings. The van der Waals surface area contributed by atoms with E-state index in [0.717, 1.165) is 17.1 Å². The van der Waals surface area contributed by atoms with Crippen molar-refractivity contribution >= 4 is 27.7 Å². The molecule has 1 aromatic carbocycles. The highest BCUT2D eigenvalue weighted by Gasteiger charge is 2.35. The molecule has 0 radical (unpaired) electrons. The minimum absolute atomic E-state index is 0.0739. The lowest BCUT2D eigenvalue weighted by Gasteiger charge is -2.08. The summed E-state index contributed by atoms with van der Waals surface area (Å²) in [5, 5.41) is 5.42. The number of benzene rings is 1. The van der Waals surface area contributed by atoms with Crippen LogP contribution in [-0.4, -0.2) is 43.5 Å². The van der Waals surface area contributed by atoms with Gasteiger partial charge in [0.25, 0.3) is 10.0 Å². The van der Waals surface area contributed by atoms with Crippen LogP contribution in [-0.2, 0) is 16.2 Å². The van der Waals surface area contributed by atoms with Crippen LogP contribution in [0.4, 0.5) is 13.2 Å². The van der Waals surface area contributed by atoms with Crippen LogP contribution in [0.25, 0.3) is 16.3 Å². The summed E-state index contributed by atoms with van der Waals surface area (Å²) in [5.41, 5.74) is -0.457. The summed E-state index contributed by atoms with van der Waals surface area (Å²) in [6, 6.07) is 9.73. The highest BCUT2D eigenvalue weighted by atomic mass is 32.2. The molecular weight excluding hydrogens is 413 g/mol. The Morgan fingerprint density at radius 3 is 2.39 bits per heavy atom. The number of hydrogen-bond donors (Lipinski definition) is 0. The average molecular weight is 428 g/mol. The Labute approximate surface area is 163 Å². The molecule has 0 aliphatic carbocycles. The third-order valence-corrected chi connectivity index (χ3v) is 5.70. The van der Waals surface area contributed by atoms with E-state index in [0.29, 0.717) is 10.6 Å². The van der Waals surface area contributed by atoms with E-state index >= 15 is 0 Å². The first kappa shape index (κ1) is 20.1. The van der Waals surface area contributed by atoms with Crippen LogP contribution in [0.2, 0.25) is 0 Å². The van der Waals surface area contributed by atoms with Gasteiger partial charge in [-0.05, 0) is 41.8 Å². The number of alkyl halides is 3. The zero-order valence-electron chi connectivity index (χ0n) is 14.8. The minimum atomic E-state index is -4.60. The van der Waals surface area contributed by atoms with Gasteiger partial charge >= 0.3 is 6.18 Å². The summed E-state index contributed by atoms with van der Waals surface area (Å²) in [4.78, 5) is 2.01. The largest absolute Gasteiger partial charge is 0.435 e. The maximum absolute atomic E-state index is 13.1. The van der Waals surface area contributed by atoms with Gasteiger partial charge in [-0.25, -0.2) is 4.68 Å². The molecule has 11 heteroatoms. The average Bonchev–Trinajstić information content (AvgIpc) is 3.29. The number of thiophene rings is 1. The fourth-order valence-electron chi connectivity index (χ4n) is 2.29. The quantitative estimate of drug-likeness (QED) is 0.457. The summed E-state index contributed by atoms with van der Waals surface area (Å²) in [7, 11) is -0.647. The standard InChI is InChI=1S/C17H15F3N4O2S2/c1-23(2)11-21-28(25,26)13-7-5-12(6-8-13)24-14(15-4-3-9-27-15)10-16(22-24)17(18,19)20/h3-11H,1-2H3. The van der Waals surface area contributed by atoms with Gasteiger partial charge in [0.15, 0.2) is 5.69 Å². The lowest BCUT2D eigenvalue weighted by atomic mass is 10.2. The summed E-state index contributed by atoms with van der Waals surface area (Å²) in [6.07, 6.45) is -3.44. The third kappa shape index (κ3) is 4.25. The van der Waals surface area contributed by atoms with Gasteiger partial charge in [0.2, 0.25) is 0 Å². The van der Waals surface area contributed by atoms with Crippen molar-refractivity contribution < 1.29 is 21.6 Å². The molecule has 6 nitrogen and oxygen atoms in total. The molecule has 0 spiro atoms. The molecule has 0 bridgehead atoms. The van der Waals surface area contributed by atoms with Gasteiger partial charge in [0.1, 0.15) is 6.34 Å². The first-order chi connectivity index (χ1) is 13.1. The Bertz CT molecular complexity index is 1080. The van der Waals surface area contributed by atoms with Gasteiger partial charge < -0.3 is 4.90 Å². The van der Waals surface area contributed by atoms with Crippen molar-refractivity contribution in [3.63, 3.8) is 0 Å². The Morgan fingerprint density at radius 2 is 1.86 bits per heavy atom. The number of halogens is 3. The molecule has 0 aliphatic heterocycles. The van der Waals surface area contributed by atoms with Crippen molar-refractivity contribution in [3.8, 4) is 16.3 Å². The predicted octanol–water partition coefficient (Wildman–Crippen LogP) is 3.90. The molecule has 0 fully saturated rings. The van der Waals surface area contributed by atoms with Crippen molar-refractivity contribution in [2.75, 3.05) is 14.1 Å². The van der Waals surface area contributed by atoms with Crippen LogP contribution in [0, 0.1) is 0 Å². The first-order valence-electron chi connectivity index (χ1n) is 7.86. The van der Waals surface area contributed by atoms with Gasteiger partial charge in [0, 0.05) is 14.1 Å². The normalized spacial score (nSPS) is 12.6. The molecule has 148 valence electrons. The zero-order chi connectivity index (χ0) is 20.5. The van der Waals surface area contributed by atoms with E-state index in [1.807, 2.05) is 0 Å². The SMILES string of the molecule is CN(C)C=NS(=O)(=O)c1ccc(-n2nc(C(F)(F)F)cc2-c2cccs2)cc1. The van der Waals surface area contributed by atoms with Gasteiger partial charge in [-0.1, -0.05) is 6.07 Å². The maximum Gasteiger partial charge on any atom is 0.435 e. The van der Waals surface area contributed by atoms with E-state index in [1.165, 1.54) is 40.5 Å². The van der Waals surface area contributed by atoms with E-state index in [9.17, 15) is 21.6 Å². The molecule has 0 N–H and O–H groups in total. The van der Waals surface area contributed by atoms with Gasteiger partial charge in [-0.2, -0.15) is 26.7 Å². The zero-order valence-corrected chi connectivity index (χ0v) is 16.4. The van der Waals surface area contributed by atoms with Gasteiger partial charge in [-0.3, -0.25) is 0 Å². The van der Waals surface area contributed by atoms with Gasteiger partial charge in [-0.15, -0.1) is 15.7 Å². The fraction of sp³-hybridized carbons (Fsp3) is 0.176. The minimum Gasteiger partial charge on any atom is -0.368 e. The Kier molecular flexibility index (Phi) is 5.31. The van der Waals surface area contributed by atoms with E-state index in [-0.39, 0.29) is 10.6 Å². The second-order valence-corrected chi connectivity index (χ2v) is 8.54. The number of nitrogens with zero attached hydrogens (tertiary/aromatic N) is 4. The van der Waals surface area contributed by atoms with Crippen LogP contribution in [0.3, 0.4) is 0 Å². The van der Waals surface area contributed by atoms with Crippen LogP contribution in [0.5, 0.6) is 0 Å². The molecule has 2 aromatic heterocycles. The van der Waals surface area contributed by atoms with Crippen LogP contribution < -0.4 is 0 Å². The number of rotatable bonds is 5. The van der Waals surface area contributed by atoms with Crippen LogP contribution in [0.15, 0.2) is 57.1 Å². The first-order valence-corrected chi connectivity index (χ1v) is 10.2. The fourth-order valence-corrected chi connectivity index (χ4v) is 3.93. The summed E-state index contributed by atoms with van der Waals surface area (Å²) < 4.78 is 68.4. The smallest absolute Gasteiger partial charge is 0.368 e. The lowest BCUT2D eigenvalue weighted by Crippen LogP contribution is -2.10. The molecule has 3 aromatic rings. The summed E-state index contributed by atoms with van der Waals surface area (Å²) in [6.45, 7) is 0. The third-order valence-electron chi connectivity index (χ3n) is 3.57. The van der Waals surface area contributed by atoms with Crippen molar-refractivity contribution in [1.29, 1.82) is 0 Å². The molecule has 0 atom stereocenters. The topological polar surface area (TPSA) is 67.6 Å². The molecule has 28 heavy (non-hydrogen) atoms. The highest BCUT2D eigenvalue weighted by molar-refractivity contribution is 7.90. The van der Waals surface area contributed by atoms with E-state index in [1.54, 1.807) is 31.6 Å². The predicted molar refractivity (Wildman–Crippen MR) is 101 cm³/mol. The summed E-state index contributed by atoms with van der Waals surface area (Å²) in [5.74, 6) is 0. The van der Waals surface area contributed by atoms with E-state index < -0.39 is 21.9 Å². The molecule has 0 unspecified atom stereocenters. The summed E-state index contributed by atoms with van der Waals surface area (Å²) >= 11 is 1.28. The van der Waals surface area contributed by atoms with Crippen LogP contribution in [0.1, 0.15) is 5.69 Å². The maximum atomic E-state index is 13.1. The second kappa shape index (κ2) is 7.40. The second-order valence-electron chi connectivity index (χ2n) is 5.96. The molecule has 0 saturated heterocycles. The van der Waals surface area contributed by atoms with Crippen molar-refractivity contribution in [2.24, 2.45) is 4.40 Å². The Morgan fingerprint density at radius 1 is 1.18 bits per heavy atom. The van der Waals surface area contributed by atoms with Gasteiger partial charge in [0.05, 0.1) is 21.2 Å². The lowest BCUT2D eigenvalue weighted by molar-refractivity contribution is -0.141. The molecule has 0 saturated carbocycles. The molecular formula is C17H15F3N4O2S2. The molecule has 0 amide bonds.